The Kier molecular flexibility index (Phi) is 7.12. The summed E-state index contributed by atoms with van der Waals surface area (Å²) in [5, 5.41) is 19.9. The molecule has 2 aromatic heterocycles. The lowest BCUT2D eigenvalue weighted by Crippen LogP contribution is -2.28. The Labute approximate surface area is 180 Å². The van der Waals surface area contributed by atoms with E-state index in [0.717, 1.165) is 43.4 Å². The molecule has 1 aromatic carbocycles. The van der Waals surface area contributed by atoms with Gasteiger partial charge in [0.25, 0.3) is 5.95 Å². The predicted octanol–water partition coefficient (Wildman–Crippen LogP) is 3.85. The Balaban J connectivity index is 0.000000360. The first-order chi connectivity index (χ1) is 15.1. The molecule has 0 aliphatic carbocycles. The van der Waals surface area contributed by atoms with E-state index in [1.165, 1.54) is 10.7 Å². The number of rotatable bonds is 4. The molecule has 3 heterocycles. The molecule has 1 aliphatic rings. The zero-order chi connectivity index (χ0) is 23.5. The van der Waals surface area contributed by atoms with Gasteiger partial charge in [0.1, 0.15) is 11.3 Å². The number of hydrogen-bond acceptors (Lipinski definition) is 6. The molecule has 1 saturated heterocycles. The van der Waals surface area contributed by atoms with Gasteiger partial charge in [0.2, 0.25) is 5.89 Å². The predicted molar refractivity (Wildman–Crippen MR) is 106 cm³/mol. The van der Waals surface area contributed by atoms with Crippen molar-refractivity contribution in [1.82, 2.24) is 25.2 Å². The molecule has 3 aromatic rings. The van der Waals surface area contributed by atoms with E-state index in [4.69, 9.17) is 14.4 Å². The lowest BCUT2D eigenvalue weighted by atomic mass is 9.95. The highest BCUT2D eigenvalue weighted by Gasteiger charge is 2.38. The fraction of sp³-hybridized carbons (Fsp3) is 0.500. The highest BCUT2D eigenvalue weighted by molar-refractivity contribution is 5.84. The van der Waals surface area contributed by atoms with Crippen LogP contribution in [0.5, 0.6) is 0 Å². The number of carbonyl (C=O) groups is 1. The Bertz CT molecular complexity index is 1070. The van der Waals surface area contributed by atoms with E-state index in [1.54, 1.807) is 6.07 Å². The topological polar surface area (TPSA) is 106 Å². The second kappa shape index (κ2) is 9.63. The standard InChI is InChI=1S/C18H22FN5O.C2HF3O2/c1-11(2)16-13-4-3-5-14(19)17(13)24(22-16)18-21-15(25-23-18)10-12-6-8-20-9-7-12;3-2(4,5)1(6)7/h3-5,11-12,20H,6-10H2,1-2H3;(H,6,7). The number of aromatic nitrogens is 4. The van der Waals surface area contributed by atoms with Gasteiger partial charge in [-0.1, -0.05) is 26.0 Å². The number of alkyl halides is 3. The monoisotopic (exact) mass is 457 g/mol. The van der Waals surface area contributed by atoms with Crippen LogP contribution in [0.4, 0.5) is 17.6 Å². The van der Waals surface area contributed by atoms with Crippen LogP contribution in [0.3, 0.4) is 0 Å². The van der Waals surface area contributed by atoms with Crippen molar-refractivity contribution in [2.45, 2.75) is 45.2 Å². The van der Waals surface area contributed by atoms with Gasteiger partial charge in [0.15, 0.2) is 0 Å². The minimum Gasteiger partial charge on any atom is -0.475 e. The lowest BCUT2D eigenvalue weighted by Gasteiger charge is -2.20. The minimum atomic E-state index is -5.08. The number of piperidine rings is 1. The summed E-state index contributed by atoms with van der Waals surface area (Å²) in [6, 6.07) is 5.02. The molecule has 2 N–H and O–H groups in total. The minimum absolute atomic E-state index is 0.173. The van der Waals surface area contributed by atoms with Gasteiger partial charge in [-0.15, -0.1) is 0 Å². The first-order valence-corrected chi connectivity index (χ1v) is 10.1. The molecule has 0 unspecified atom stereocenters. The van der Waals surface area contributed by atoms with Crippen molar-refractivity contribution in [3.8, 4) is 5.95 Å². The third-order valence-electron chi connectivity index (χ3n) is 5.04. The molecule has 0 atom stereocenters. The smallest absolute Gasteiger partial charge is 0.475 e. The number of aliphatic carboxylic acids is 1. The van der Waals surface area contributed by atoms with Crippen LogP contribution in [0.25, 0.3) is 16.9 Å². The number of nitrogens with zero attached hydrogens (tertiary/aromatic N) is 4. The molecular weight excluding hydrogens is 434 g/mol. The lowest BCUT2D eigenvalue weighted by molar-refractivity contribution is -0.192. The molecule has 0 saturated carbocycles. The summed E-state index contributed by atoms with van der Waals surface area (Å²) in [5.41, 5.74) is 1.24. The zero-order valence-electron chi connectivity index (χ0n) is 17.5. The van der Waals surface area contributed by atoms with Crippen LogP contribution in [-0.4, -0.2) is 50.3 Å². The van der Waals surface area contributed by atoms with Crippen molar-refractivity contribution in [2.24, 2.45) is 5.92 Å². The summed E-state index contributed by atoms with van der Waals surface area (Å²) < 4.78 is 53.1. The maximum absolute atomic E-state index is 14.4. The molecule has 1 fully saturated rings. The second-order valence-electron chi connectivity index (χ2n) is 7.78. The van der Waals surface area contributed by atoms with Crippen molar-refractivity contribution < 1.29 is 32.0 Å². The van der Waals surface area contributed by atoms with Crippen LogP contribution < -0.4 is 5.32 Å². The SMILES string of the molecule is CC(C)c1nn(-c2noc(CC3CCNCC3)n2)c2c(F)cccc12.O=C(O)C(F)(F)F. The summed E-state index contributed by atoms with van der Waals surface area (Å²) >= 11 is 0. The van der Waals surface area contributed by atoms with Crippen LogP contribution in [0, 0.1) is 11.7 Å². The second-order valence-corrected chi connectivity index (χ2v) is 7.78. The Morgan fingerprint density at radius 2 is 1.97 bits per heavy atom. The third-order valence-corrected chi connectivity index (χ3v) is 5.04. The molecule has 12 heteroatoms. The van der Waals surface area contributed by atoms with Crippen LogP contribution in [0.1, 0.15) is 44.2 Å². The van der Waals surface area contributed by atoms with Gasteiger partial charge in [-0.2, -0.15) is 27.9 Å². The Morgan fingerprint density at radius 1 is 1.31 bits per heavy atom. The van der Waals surface area contributed by atoms with E-state index in [2.05, 4.69) is 20.6 Å². The molecule has 0 radical (unpaired) electrons. The van der Waals surface area contributed by atoms with Gasteiger partial charge in [-0.25, -0.2) is 9.18 Å². The number of carboxylic acids is 1. The van der Waals surface area contributed by atoms with E-state index in [9.17, 15) is 17.6 Å². The van der Waals surface area contributed by atoms with Crippen molar-refractivity contribution in [3.05, 3.63) is 35.6 Å². The summed E-state index contributed by atoms with van der Waals surface area (Å²) in [6.45, 7) is 6.13. The molecule has 1 aliphatic heterocycles. The summed E-state index contributed by atoms with van der Waals surface area (Å²) in [7, 11) is 0. The summed E-state index contributed by atoms with van der Waals surface area (Å²) in [6.07, 6.45) is -2.11. The molecule has 4 rings (SSSR count). The molecule has 174 valence electrons. The highest BCUT2D eigenvalue weighted by Crippen LogP contribution is 2.28. The number of benzene rings is 1. The van der Waals surface area contributed by atoms with Crippen LogP contribution >= 0.6 is 0 Å². The molecular formula is C20H23F4N5O3. The number of fused-ring (bicyclic) bond motifs is 1. The van der Waals surface area contributed by atoms with E-state index < -0.39 is 12.1 Å². The Morgan fingerprint density at radius 3 is 2.56 bits per heavy atom. The fourth-order valence-electron chi connectivity index (χ4n) is 3.47. The molecule has 0 spiro atoms. The summed E-state index contributed by atoms with van der Waals surface area (Å²) in [5.74, 6) is -1.48. The summed E-state index contributed by atoms with van der Waals surface area (Å²) in [4.78, 5) is 13.4. The van der Waals surface area contributed by atoms with Gasteiger partial charge in [-0.05, 0) is 49.0 Å². The Hall–Kier alpha value is -3.02. The quantitative estimate of drug-likeness (QED) is 0.574. The van der Waals surface area contributed by atoms with E-state index in [0.29, 0.717) is 23.3 Å². The van der Waals surface area contributed by atoms with Crippen molar-refractivity contribution in [3.63, 3.8) is 0 Å². The highest BCUT2D eigenvalue weighted by atomic mass is 19.4. The first-order valence-electron chi connectivity index (χ1n) is 10.1. The number of nitrogens with one attached hydrogen (secondary N) is 1. The van der Waals surface area contributed by atoms with E-state index >= 15 is 0 Å². The van der Waals surface area contributed by atoms with Crippen LogP contribution in [0.15, 0.2) is 22.7 Å². The normalized spacial score (nSPS) is 15.1. The number of para-hydroxylation sites is 1. The number of halogens is 4. The zero-order valence-corrected chi connectivity index (χ0v) is 17.5. The average Bonchev–Trinajstić information content (AvgIpc) is 3.34. The third kappa shape index (κ3) is 5.42. The van der Waals surface area contributed by atoms with Crippen LogP contribution in [0.2, 0.25) is 0 Å². The number of carboxylic acid groups (broad SMARTS) is 1. The molecule has 8 nitrogen and oxygen atoms in total. The molecule has 0 amide bonds. The van der Waals surface area contributed by atoms with Gasteiger partial charge in [0, 0.05) is 11.8 Å². The van der Waals surface area contributed by atoms with Gasteiger partial charge >= 0.3 is 12.1 Å². The van der Waals surface area contributed by atoms with Gasteiger partial charge in [0.05, 0.1) is 5.69 Å². The van der Waals surface area contributed by atoms with Gasteiger partial charge in [-0.3, -0.25) is 0 Å². The first kappa shape index (κ1) is 23.6. The number of hydrogen-bond donors (Lipinski definition) is 2. The van der Waals surface area contributed by atoms with E-state index in [-0.39, 0.29) is 11.7 Å². The maximum Gasteiger partial charge on any atom is 0.490 e. The maximum atomic E-state index is 14.4. The largest absolute Gasteiger partial charge is 0.490 e. The average molecular weight is 457 g/mol. The van der Waals surface area contributed by atoms with E-state index in [1.807, 2.05) is 19.9 Å². The van der Waals surface area contributed by atoms with Crippen LogP contribution in [-0.2, 0) is 11.2 Å². The fourth-order valence-corrected chi connectivity index (χ4v) is 3.47. The van der Waals surface area contributed by atoms with Crippen molar-refractivity contribution >= 4 is 16.9 Å². The molecule has 32 heavy (non-hydrogen) atoms. The van der Waals surface area contributed by atoms with Crippen molar-refractivity contribution in [1.29, 1.82) is 0 Å². The van der Waals surface area contributed by atoms with Gasteiger partial charge < -0.3 is 14.9 Å². The van der Waals surface area contributed by atoms with Crippen molar-refractivity contribution in [2.75, 3.05) is 13.1 Å². The molecule has 0 bridgehead atoms.